The largest absolute Gasteiger partial charge is 0.507 e. The molecule has 1 aliphatic rings. The summed E-state index contributed by atoms with van der Waals surface area (Å²) in [6, 6.07) is 31.3. The van der Waals surface area contributed by atoms with Crippen LogP contribution in [0, 0.1) is 6.92 Å². The van der Waals surface area contributed by atoms with E-state index in [1.807, 2.05) is 43.3 Å². The van der Waals surface area contributed by atoms with Crippen LogP contribution < -0.4 is 4.74 Å². The van der Waals surface area contributed by atoms with Gasteiger partial charge >= 0.3 is 0 Å². The van der Waals surface area contributed by atoms with Crippen LogP contribution >= 0.6 is 0 Å². The zero-order valence-corrected chi connectivity index (χ0v) is 56.8. The van der Waals surface area contributed by atoms with Crippen LogP contribution in [-0.4, -0.2) is 60.4 Å². The number of fused-ring (bicyclic) bond motifs is 12. The van der Waals surface area contributed by atoms with Gasteiger partial charge in [-0.05, 0) is 152 Å². The van der Waals surface area contributed by atoms with E-state index in [2.05, 4.69) is 161 Å². The molecular formula is C77H98O10S. The number of hydrogen-bond donors (Lipinski definition) is 5. The highest BCUT2D eigenvalue weighted by atomic mass is 32.2. The van der Waals surface area contributed by atoms with Crippen molar-refractivity contribution in [3.8, 4) is 34.5 Å². The second kappa shape index (κ2) is 24.9. The van der Waals surface area contributed by atoms with Gasteiger partial charge in [0, 0.05) is 38.5 Å². The van der Waals surface area contributed by atoms with Gasteiger partial charge in [0.15, 0.2) is 0 Å². The third-order valence-corrected chi connectivity index (χ3v) is 18.6. The van der Waals surface area contributed by atoms with Crippen LogP contribution in [0.25, 0.3) is 0 Å². The molecule has 0 aromatic heterocycles. The maximum atomic E-state index is 13.0. The Morgan fingerprint density at radius 2 is 0.545 bits per heavy atom. The third kappa shape index (κ3) is 15.6. The molecule has 0 spiro atoms. The normalized spacial score (nSPS) is 13.9. The van der Waals surface area contributed by atoms with E-state index in [0.717, 1.165) is 50.1 Å². The molecule has 12 bridgehead atoms. The molecule has 0 saturated heterocycles. The second-order valence-corrected chi connectivity index (χ2v) is 32.6. The zero-order valence-electron chi connectivity index (χ0n) is 56.0. The molecule has 472 valence electrons. The maximum absolute atomic E-state index is 13.0. The van der Waals surface area contributed by atoms with Crippen molar-refractivity contribution in [2.75, 3.05) is 26.4 Å². The quantitative estimate of drug-likeness (QED) is 0.0694. The predicted octanol–water partition coefficient (Wildman–Crippen LogP) is 17.0. The molecule has 8 rings (SSSR count). The van der Waals surface area contributed by atoms with Gasteiger partial charge in [0.2, 0.25) is 0 Å². The number of benzene rings is 7. The molecule has 0 aliphatic heterocycles. The molecule has 0 radical (unpaired) electrons. The highest BCUT2D eigenvalue weighted by molar-refractivity contribution is 7.86. The summed E-state index contributed by atoms with van der Waals surface area (Å²) in [6.45, 7) is 40.5. The van der Waals surface area contributed by atoms with E-state index in [1.54, 1.807) is 12.1 Å². The minimum atomic E-state index is -4.00. The number of aromatic hydroxyl groups is 5. The minimum absolute atomic E-state index is 0.0115. The summed E-state index contributed by atoms with van der Waals surface area (Å²) in [4.78, 5) is 0.0694. The van der Waals surface area contributed by atoms with E-state index < -0.39 is 10.1 Å². The van der Waals surface area contributed by atoms with Gasteiger partial charge in [-0.25, -0.2) is 0 Å². The first-order valence-electron chi connectivity index (χ1n) is 31.2. The summed E-state index contributed by atoms with van der Waals surface area (Å²) in [5, 5.41) is 63.7. The van der Waals surface area contributed by atoms with E-state index in [1.165, 1.54) is 12.1 Å². The second-order valence-electron chi connectivity index (χ2n) is 30.9. The monoisotopic (exact) mass is 1210 g/mol. The average molecular weight is 1220 g/mol. The lowest BCUT2D eigenvalue weighted by Crippen LogP contribution is -2.17. The number of phenols is 5. The molecule has 7 aromatic rings. The van der Waals surface area contributed by atoms with E-state index in [4.69, 9.17) is 13.7 Å². The van der Waals surface area contributed by atoms with E-state index >= 15 is 0 Å². The summed E-state index contributed by atoms with van der Waals surface area (Å²) in [7, 11) is -4.00. The Morgan fingerprint density at radius 3 is 0.784 bits per heavy atom. The molecule has 5 N–H and O–H groups in total. The van der Waals surface area contributed by atoms with Crippen LogP contribution in [0.3, 0.4) is 0 Å². The summed E-state index contributed by atoms with van der Waals surface area (Å²) in [5.74, 6) is 1.04. The molecule has 0 unspecified atom stereocenters. The molecule has 88 heavy (non-hydrogen) atoms. The number of aryl methyl sites for hydroxylation is 1. The molecule has 0 atom stereocenters. The molecule has 1 aliphatic carbocycles. The van der Waals surface area contributed by atoms with Gasteiger partial charge in [0.25, 0.3) is 10.1 Å². The van der Waals surface area contributed by atoms with Gasteiger partial charge in [-0.15, -0.1) is 0 Å². The van der Waals surface area contributed by atoms with Crippen LogP contribution in [0.4, 0.5) is 0 Å². The van der Waals surface area contributed by atoms with E-state index in [0.29, 0.717) is 61.4 Å². The minimum Gasteiger partial charge on any atom is -0.507 e. The first-order valence-corrected chi connectivity index (χ1v) is 32.6. The number of phenolic OH excluding ortho intramolecular Hbond substituents is 5. The molecule has 10 nitrogen and oxygen atoms in total. The molecule has 0 heterocycles. The topological polar surface area (TPSA) is 163 Å². The Balaban J connectivity index is 1.37. The lowest BCUT2D eigenvalue weighted by atomic mass is 9.79. The predicted molar refractivity (Wildman–Crippen MR) is 357 cm³/mol. The Morgan fingerprint density at radius 1 is 0.330 bits per heavy atom. The third-order valence-electron chi connectivity index (χ3n) is 17.3. The van der Waals surface area contributed by atoms with Gasteiger partial charge in [-0.3, -0.25) is 4.18 Å². The first-order chi connectivity index (χ1) is 40.6. The van der Waals surface area contributed by atoms with Gasteiger partial charge in [-0.1, -0.05) is 215 Å². The van der Waals surface area contributed by atoms with Gasteiger partial charge in [-0.2, -0.15) is 8.42 Å². The number of hydrogen-bond acceptors (Lipinski definition) is 10. The summed E-state index contributed by atoms with van der Waals surface area (Å²) in [5.41, 5.74) is 12.9. The maximum Gasteiger partial charge on any atom is 0.297 e. The van der Waals surface area contributed by atoms with Crippen molar-refractivity contribution in [2.45, 2.75) is 207 Å². The van der Waals surface area contributed by atoms with Gasteiger partial charge in [0.05, 0.1) is 24.7 Å². The first kappa shape index (κ1) is 67.1. The Hall–Kier alpha value is -6.79. The van der Waals surface area contributed by atoms with Crippen LogP contribution in [0.1, 0.15) is 230 Å². The van der Waals surface area contributed by atoms with Crippen molar-refractivity contribution in [2.24, 2.45) is 0 Å². The zero-order chi connectivity index (χ0) is 65.0. The fourth-order valence-electron chi connectivity index (χ4n) is 11.5. The molecule has 0 fully saturated rings. The van der Waals surface area contributed by atoms with E-state index in [-0.39, 0.29) is 131 Å². The summed E-state index contributed by atoms with van der Waals surface area (Å²) in [6.07, 6.45) is 1.31. The van der Waals surface area contributed by atoms with Crippen molar-refractivity contribution in [1.29, 1.82) is 0 Å². The fraction of sp³-hybridized carbons (Fsp3) is 0.455. The molecule has 0 amide bonds. The van der Waals surface area contributed by atoms with Crippen molar-refractivity contribution in [1.82, 2.24) is 0 Å². The highest BCUT2D eigenvalue weighted by Crippen LogP contribution is 2.45. The summed E-state index contributed by atoms with van der Waals surface area (Å²) < 4.78 is 44.3. The molecule has 0 saturated carbocycles. The lowest BCUT2D eigenvalue weighted by molar-refractivity contribution is 0.0774. The Bertz CT molecular complexity index is 3660. The Kier molecular flexibility index (Phi) is 19.0. The van der Waals surface area contributed by atoms with Crippen LogP contribution in [0.15, 0.2) is 102 Å². The molecular weight excluding hydrogens is 1120 g/mol. The standard InChI is InChI=1S/C77H98O10S/c1-46-20-22-65(23-21-46)88(83,84)87-27-25-85-24-26-86-71-57-32-55-42-62(75(11,12)13)40-53(69(55)81)30-51-38-60(73(5,6)7)36-49(67(51)79)28-47-34-59(72(2,3)4)35-48(66(47)78)29-50-37-61(74(8,9)10)39-52(68(50)80)31-54-41-63(76(14,15)16)43-56(70(54)82)33-58(71)45-64(44-57)77(17,18)19/h20-23,34-45,78-82H,24-33H2,1-19H3. The van der Waals surface area contributed by atoms with Crippen LogP contribution in [-0.2, 0) is 90.1 Å². The lowest BCUT2D eigenvalue weighted by Gasteiger charge is -2.27. The van der Waals surface area contributed by atoms with Crippen LogP contribution in [0.5, 0.6) is 34.5 Å². The van der Waals surface area contributed by atoms with Crippen molar-refractivity contribution >= 4 is 10.1 Å². The van der Waals surface area contributed by atoms with E-state index in [9.17, 15) is 34.0 Å². The summed E-state index contributed by atoms with van der Waals surface area (Å²) >= 11 is 0. The van der Waals surface area contributed by atoms with Crippen molar-refractivity contribution in [3.63, 3.8) is 0 Å². The van der Waals surface area contributed by atoms with Crippen molar-refractivity contribution < 1.29 is 47.6 Å². The number of ether oxygens (including phenoxy) is 2. The molecule has 7 aromatic carbocycles. The van der Waals surface area contributed by atoms with Crippen molar-refractivity contribution in [3.05, 3.63) is 203 Å². The van der Waals surface area contributed by atoms with Gasteiger partial charge in [0.1, 0.15) is 41.1 Å². The fourth-order valence-corrected chi connectivity index (χ4v) is 12.4. The highest BCUT2D eigenvalue weighted by Gasteiger charge is 2.30. The number of rotatable bonds is 9. The van der Waals surface area contributed by atoms with Crippen LogP contribution in [0.2, 0.25) is 0 Å². The Labute approximate surface area is 526 Å². The molecule has 11 heteroatoms. The average Bonchev–Trinajstić information content (AvgIpc) is 0.849. The smallest absolute Gasteiger partial charge is 0.297 e. The van der Waals surface area contributed by atoms with Gasteiger partial charge < -0.3 is 35.0 Å². The SMILES string of the molecule is Cc1ccc(S(=O)(=O)OCCOCCOc2c3cc(C(C)(C)C)cc2Cc2cc(C(C)(C)C)cc(c2O)Cc2cc(C(C)(C)C)cc(c2O)Cc2cc(C(C)(C)C)cc(c2O)Cc2cc(C(C)(C)C)cc(c2O)Cc2cc(C(C)(C)C)cc(c2O)C3)cc1.